The van der Waals surface area contributed by atoms with E-state index in [0.29, 0.717) is 19.3 Å². The van der Waals surface area contributed by atoms with Gasteiger partial charge in [-0.25, -0.2) is 0 Å². The number of halogens is 1. The summed E-state index contributed by atoms with van der Waals surface area (Å²) in [7, 11) is -4.30. The van der Waals surface area contributed by atoms with E-state index in [0.717, 1.165) is 0 Å². The monoisotopic (exact) mass is 215 g/mol. The Bertz CT molecular complexity index is 125. The van der Waals surface area contributed by atoms with Crippen molar-refractivity contribution in [3.8, 4) is 0 Å². The highest BCUT2D eigenvalue weighted by atomic mass is 35.7. The molecule has 0 aliphatic carbocycles. The van der Waals surface area contributed by atoms with Crippen molar-refractivity contribution in [2.45, 2.75) is 45.6 Å². The molecule has 0 atom stereocenters. The van der Waals surface area contributed by atoms with Crippen LogP contribution in [0.4, 0.5) is 0 Å². The van der Waals surface area contributed by atoms with Crippen molar-refractivity contribution in [3.05, 3.63) is 0 Å². The largest absolute Gasteiger partial charge is 0.344 e. The molecule has 5 nitrogen and oxygen atoms in total. The molecule has 0 unspecified atom stereocenters. The lowest BCUT2D eigenvalue weighted by Gasteiger charge is -2.26. The minimum absolute atomic E-state index is 0. The quantitative estimate of drug-likeness (QED) is 0.634. The highest BCUT2D eigenvalue weighted by Crippen LogP contribution is 2.26. The molecule has 0 radical (unpaired) electrons. The van der Waals surface area contributed by atoms with Gasteiger partial charge in [0.15, 0.2) is 0 Å². The Morgan fingerprint density at radius 1 is 1.00 bits per heavy atom. The summed E-state index contributed by atoms with van der Waals surface area (Å²) in [4.78, 5) is 0. The third kappa shape index (κ3) is 5.41. The first-order valence-corrected chi connectivity index (χ1v) is 5.24. The smallest absolute Gasteiger partial charge is 0.223 e. The van der Waals surface area contributed by atoms with Crippen LogP contribution in [-0.2, 0) is 4.29 Å². The van der Waals surface area contributed by atoms with Crippen LogP contribution in [0.5, 0.6) is 0 Å². The summed E-state index contributed by atoms with van der Waals surface area (Å²) in [6, 6.07) is 0. The molecule has 0 fully saturated rings. The van der Waals surface area contributed by atoms with Crippen LogP contribution in [0.1, 0.15) is 40.0 Å². The maximum atomic E-state index is 10.3. The van der Waals surface area contributed by atoms with E-state index in [1.165, 1.54) is 0 Å². The standard InChI is InChI=1S/C7H15ClO4.H3N/c1-4-7(5-2,6-3)12-8(9,10)11;/h4-6H2,1-3H3;1H3. The van der Waals surface area contributed by atoms with Gasteiger partial charge in [-0.3, -0.25) is 0 Å². The first-order chi connectivity index (χ1) is 5.39. The van der Waals surface area contributed by atoms with Gasteiger partial charge in [0.1, 0.15) is 0 Å². The van der Waals surface area contributed by atoms with Gasteiger partial charge in [-0.15, -0.1) is 0 Å². The molecule has 0 amide bonds. The van der Waals surface area contributed by atoms with Gasteiger partial charge in [-0.05, 0) is 19.3 Å². The molecule has 0 aliphatic heterocycles. The summed E-state index contributed by atoms with van der Waals surface area (Å²) in [6.45, 7) is 5.40. The van der Waals surface area contributed by atoms with Crippen molar-refractivity contribution in [1.29, 1.82) is 0 Å². The second kappa shape index (κ2) is 5.74. The van der Waals surface area contributed by atoms with Gasteiger partial charge in [0.25, 0.3) is 0 Å². The summed E-state index contributed by atoms with van der Waals surface area (Å²) in [6.07, 6.45) is 1.57. The predicted octanol–water partition coefficient (Wildman–Crippen LogP) is -0.969. The lowest BCUT2D eigenvalue weighted by molar-refractivity contribution is -1.92. The summed E-state index contributed by atoms with van der Waals surface area (Å²) in [5.41, 5.74) is -0.803. The van der Waals surface area contributed by atoms with Gasteiger partial charge in [0, 0.05) is 0 Å². The van der Waals surface area contributed by atoms with E-state index in [9.17, 15) is 14.0 Å². The third-order valence-electron chi connectivity index (χ3n) is 2.19. The van der Waals surface area contributed by atoms with Crippen molar-refractivity contribution in [3.63, 3.8) is 0 Å². The third-order valence-corrected chi connectivity index (χ3v) is 2.71. The minimum Gasteiger partial charge on any atom is -0.344 e. The molecule has 0 bridgehead atoms. The molecule has 0 aromatic rings. The summed E-state index contributed by atoms with van der Waals surface area (Å²) >= 11 is 0. The molecular formula is C7H18ClNO4. The average molecular weight is 216 g/mol. The topological polar surface area (TPSA) is 113 Å². The number of rotatable bonds is 5. The Morgan fingerprint density at radius 2 is 1.31 bits per heavy atom. The molecule has 0 heterocycles. The van der Waals surface area contributed by atoms with E-state index in [-0.39, 0.29) is 6.15 Å². The minimum atomic E-state index is -4.30. The Morgan fingerprint density at radius 3 is 1.38 bits per heavy atom. The molecule has 0 aliphatic rings. The van der Waals surface area contributed by atoms with Gasteiger partial charge >= 0.3 is 0 Å². The van der Waals surface area contributed by atoms with Crippen molar-refractivity contribution in [2.24, 2.45) is 0 Å². The maximum Gasteiger partial charge on any atom is 0.223 e. The molecule has 13 heavy (non-hydrogen) atoms. The van der Waals surface area contributed by atoms with Crippen molar-refractivity contribution < 1.29 is 28.5 Å². The van der Waals surface area contributed by atoms with Gasteiger partial charge in [0.2, 0.25) is 5.60 Å². The van der Waals surface area contributed by atoms with Crippen LogP contribution >= 0.6 is 0 Å². The van der Waals surface area contributed by atoms with E-state index in [2.05, 4.69) is 4.29 Å². The molecule has 0 saturated carbocycles. The Balaban J connectivity index is 0. The van der Waals surface area contributed by atoms with Crippen LogP contribution in [0.2, 0.25) is 0 Å². The second-order valence-corrected chi connectivity index (χ2v) is 3.61. The first-order valence-electron chi connectivity index (χ1n) is 4.00. The zero-order valence-corrected chi connectivity index (χ0v) is 9.10. The van der Waals surface area contributed by atoms with Gasteiger partial charge in [-0.2, -0.15) is 14.0 Å². The zero-order valence-electron chi connectivity index (χ0n) is 8.34. The van der Waals surface area contributed by atoms with Crippen LogP contribution in [0, 0.1) is 10.2 Å². The molecule has 3 N–H and O–H groups in total. The van der Waals surface area contributed by atoms with Crippen LogP contribution < -0.4 is 20.1 Å². The van der Waals surface area contributed by atoms with E-state index < -0.39 is 15.8 Å². The van der Waals surface area contributed by atoms with Crippen molar-refractivity contribution in [2.75, 3.05) is 0 Å². The molecule has 0 spiro atoms. The fourth-order valence-electron chi connectivity index (χ4n) is 1.11. The van der Waals surface area contributed by atoms with Crippen LogP contribution in [0.25, 0.3) is 0 Å². The van der Waals surface area contributed by atoms with Gasteiger partial charge in [0.05, 0.1) is 14.5 Å². The van der Waals surface area contributed by atoms with E-state index in [4.69, 9.17) is 0 Å². The molecule has 0 aromatic carbocycles. The molecule has 0 rings (SSSR count). The fraction of sp³-hybridized carbons (Fsp3) is 1.00. The summed E-state index contributed by atoms with van der Waals surface area (Å²) < 4.78 is 35.4. The Kier molecular flexibility index (Phi) is 6.87. The number of hydrogen-bond acceptors (Lipinski definition) is 5. The summed E-state index contributed by atoms with van der Waals surface area (Å²) in [5.74, 6) is 0. The fourth-order valence-corrected chi connectivity index (χ4v) is 1.84. The zero-order chi connectivity index (χ0) is 9.83. The lowest BCUT2D eigenvalue weighted by atomic mass is 9.95. The Hall–Kier alpha value is 0.0900. The Labute approximate surface area is 81.0 Å². The van der Waals surface area contributed by atoms with E-state index in [1.54, 1.807) is 20.8 Å². The normalized spacial score (nSPS) is 12.5. The molecule has 82 valence electrons. The van der Waals surface area contributed by atoms with E-state index >= 15 is 0 Å². The van der Waals surface area contributed by atoms with Gasteiger partial charge < -0.3 is 6.15 Å². The molecular weight excluding hydrogens is 198 g/mol. The SMILES string of the molecule is CCC(CC)(CC)O[Cl+3]([O-])([O-])[O-].N. The van der Waals surface area contributed by atoms with Crippen LogP contribution in [0.15, 0.2) is 0 Å². The van der Waals surface area contributed by atoms with Crippen molar-refractivity contribution >= 4 is 0 Å². The predicted molar refractivity (Wildman–Crippen MR) is 39.7 cm³/mol. The molecule has 0 saturated heterocycles. The van der Waals surface area contributed by atoms with Crippen LogP contribution in [-0.4, -0.2) is 5.60 Å². The molecule has 6 heteroatoms. The van der Waals surface area contributed by atoms with Crippen LogP contribution in [0.3, 0.4) is 0 Å². The maximum absolute atomic E-state index is 10.3. The summed E-state index contributed by atoms with van der Waals surface area (Å²) in [5, 5.41) is 0. The number of hydrogen-bond donors (Lipinski definition) is 1. The lowest BCUT2D eigenvalue weighted by Crippen LogP contribution is -2.64. The highest BCUT2D eigenvalue weighted by molar-refractivity contribution is 4.73. The second-order valence-electron chi connectivity index (χ2n) is 2.70. The molecule has 0 aromatic heterocycles. The van der Waals surface area contributed by atoms with Crippen molar-refractivity contribution in [1.82, 2.24) is 6.15 Å². The van der Waals surface area contributed by atoms with E-state index in [1.807, 2.05) is 0 Å². The highest BCUT2D eigenvalue weighted by Gasteiger charge is 2.41. The average Bonchev–Trinajstić information content (AvgIpc) is 1.99. The first kappa shape index (κ1) is 15.6. The van der Waals surface area contributed by atoms with Gasteiger partial charge in [-0.1, -0.05) is 20.8 Å².